The van der Waals surface area contributed by atoms with Crippen molar-refractivity contribution in [3.05, 3.63) is 26.9 Å². The smallest absolute Gasteiger partial charge is 0.332 e. The van der Waals surface area contributed by atoms with Gasteiger partial charge in [-0.15, -0.1) is 0 Å². The summed E-state index contributed by atoms with van der Waals surface area (Å²) in [6, 6.07) is 1.06. The Labute approximate surface area is 95.3 Å². The van der Waals surface area contributed by atoms with Crippen LogP contribution < -0.4 is 17.0 Å². The Balaban J connectivity index is 2.37. The summed E-state index contributed by atoms with van der Waals surface area (Å²) in [4.78, 5) is 24.6. The van der Waals surface area contributed by atoms with E-state index in [2.05, 4.69) is 4.98 Å². The molecule has 8 nitrogen and oxygen atoms in total. The molecule has 0 unspecified atom stereocenters. The highest BCUT2D eigenvalue weighted by Crippen LogP contribution is 2.28. The van der Waals surface area contributed by atoms with Crippen LogP contribution in [0.25, 0.3) is 0 Å². The molecule has 1 aromatic heterocycles. The van der Waals surface area contributed by atoms with E-state index in [0.29, 0.717) is 0 Å². The van der Waals surface area contributed by atoms with Gasteiger partial charge in [0.2, 0.25) is 0 Å². The molecule has 8 heteroatoms. The number of hydrogen-bond acceptors (Lipinski definition) is 6. The third-order valence-electron chi connectivity index (χ3n) is 2.68. The van der Waals surface area contributed by atoms with E-state index in [1.165, 1.54) is 0 Å². The highest BCUT2D eigenvalue weighted by Gasteiger charge is 2.35. The number of aromatic nitrogens is 2. The molecule has 0 aromatic carbocycles. The summed E-state index contributed by atoms with van der Waals surface area (Å²) >= 11 is 0. The zero-order valence-corrected chi connectivity index (χ0v) is 8.87. The third-order valence-corrected chi connectivity index (χ3v) is 2.68. The van der Waals surface area contributed by atoms with Gasteiger partial charge >= 0.3 is 5.69 Å². The number of nitrogen functional groups attached to an aromatic ring is 1. The number of anilines is 1. The summed E-state index contributed by atoms with van der Waals surface area (Å²) in [6.07, 6.45) is -2.28. The number of hydrogen-bond donors (Lipinski definition) is 4. The maximum atomic E-state index is 11.6. The van der Waals surface area contributed by atoms with Gasteiger partial charge in [-0.1, -0.05) is 0 Å². The molecule has 0 radical (unpaired) electrons. The van der Waals surface area contributed by atoms with Crippen molar-refractivity contribution in [2.24, 2.45) is 0 Å². The van der Waals surface area contributed by atoms with Gasteiger partial charge in [0.1, 0.15) is 18.1 Å². The fourth-order valence-corrected chi connectivity index (χ4v) is 1.86. The Hall–Kier alpha value is -1.64. The molecule has 1 aliphatic heterocycles. The second-order valence-corrected chi connectivity index (χ2v) is 3.85. The minimum Gasteiger partial charge on any atom is -0.394 e. The lowest BCUT2D eigenvalue weighted by Gasteiger charge is -2.16. The van der Waals surface area contributed by atoms with Crippen LogP contribution in [-0.4, -0.2) is 38.6 Å². The molecular formula is C9H13N3O5. The topological polar surface area (TPSA) is 131 Å². The Bertz CT molecular complexity index is 522. The van der Waals surface area contributed by atoms with Crippen LogP contribution in [-0.2, 0) is 4.74 Å². The molecule has 5 N–H and O–H groups in total. The molecule has 1 aromatic rings. The maximum absolute atomic E-state index is 11.6. The van der Waals surface area contributed by atoms with Crippen molar-refractivity contribution in [2.45, 2.75) is 24.9 Å². The average Bonchev–Trinajstić information content (AvgIpc) is 2.57. The van der Waals surface area contributed by atoms with Crippen molar-refractivity contribution in [1.29, 1.82) is 0 Å². The molecule has 1 aliphatic rings. The minimum atomic E-state index is -0.872. The number of aliphatic hydroxyl groups excluding tert-OH is 2. The number of ether oxygens (including phenoxy) is 1. The lowest BCUT2D eigenvalue weighted by atomic mass is 10.2. The number of H-pyrrole nitrogens is 1. The van der Waals surface area contributed by atoms with Gasteiger partial charge in [-0.2, -0.15) is 0 Å². The van der Waals surface area contributed by atoms with Crippen LogP contribution in [0.4, 0.5) is 5.82 Å². The van der Waals surface area contributed by atoms with Gasteiger partial charge in [0.25, 0.3) is 5.56 Å². The molecule has 0 saturated carbocycles. The zero-order valence-electron chi connectivity index (χ0n) is 8.87. The van der Waals surface area contributed by atoms with Crippen molar-refractivity contribution in [2.75, 3.05) is 12.3 Å². The maximum Gasteiger partial charge on any atom is 0.332 e. The van der Waals surface area contributed by atoms with Crippen LogP contribution in [0.3, 0.4) is 0 Å². The summed E-state index contributed by atoms with van der Waals surface area (Å²) in [7, 11) is 0. The van der Waals surface area contributed by atoms with Gasteiger partial charge in [-0.05, 0) is 0 Å². The van der Waals surface area contributed by atoms with Crippen LogP contribution in [0.5, 0.6) is 0 Å². The van der Waals surface area contributed by atoms with E-state index in [0.717, 1.165) is 10.6 Å². The first-order chi connectivity index (χ1) is 8.02. The highest BCUT2D eigenvalue weighted by molar-refractivity contribution is 5.26. The van der Waals surface area contributed by atoms with Gasteiger partial charge in [-0.25, -0.2) is 4.79 Å². The fourth-order valence-electron chi connectivity index (χ4n) is 1.86. The minimum absolute atomic E-state index is 0.0467. The number of rotatable bonds is 2. The summed E-state index contributed by atoms with van der Waals surface area (Å²) in [5.74, 6) is -0.0467. The van der Waals surface area contributed by atoms with E-state index in [-0.39, 0.29) is 18.8 Å². The Morgan fingerprint density at radius 2 is 2.29 bits per heavy atom. The second kappa shape index (κ2) is 4.32. The van der Waals surface area contributed by atoms with Crippen LogP contribution >= 0.6 is 0 Å². The third kappa shape index (κ3) is 2.09. The average molecular weight is 243 g/mol. The largest absolute Gasteiger partial charge is 0.394 e. The molecule has 1 saturated heterocycles. The fraction of sp³-hybridized carbons (Fsp3) is 0.556. The van der Waals surface area contributed by atoms with Crippen molar-refractivity contribution in [3.8, 4) is 0 Å². The SMILES string of the molecule is Nc1cc(=O)[nH]c(=O)n1[C@H]1C[C@H](O)[C@@H](CO)O1. The quantitative estimate of drug-likeness (QED) is 0.464. The van der Waals surface area contributed by atoms with E-state index in [9.17, 15) is 14.7 Å². The van der Waals surface area contributed by atoms with Gasteiger partial charge in [0, 0.05) is 12.5 Å². The number of nitrogens with zero attached hydrogens (tertiary/aromatic N) is 1. The number of nitrogens with two attached hydrogens (primary N) is 1. The van der Waals surface area contributed by atoms with Crippen molar-refractivity contribution < 1.29 is 14.9 Å². The molecule has 2 rings (SSSR count). The van der Waals surface area contributed by atoms with Gasteiger partial charge < -0.3 is 20.7 Å². The predicted octanol–water partition coefficient (Wildman–Crippen LogP) is -2.24. The van der Waals surface area contributed by atoms with Gasteiger partial charge in [0.15, 0.2) is 0 Å². The molecule has 94 valence electrons. The van der Waals surface area contributed by atoms with Crippen molar-refractivity contribution in [3.63, 3.8) is 0 Å². The van der Waals surface area contributed by atoms with E-state index >= 15 is 0 Å². The summed E-state index contributed by atoms with van der Waals surface area (Å²) in [6.45, 7) is -0.352. The number of aliphatic hydroxyl groups is 2. The Kier molecular flexibility index (Phi) is 3.01. The van der Waals surface area contributed by atoms with Gasteiger partial charge in [-0.3, -0.25) is 14.3 Å². The lowest BCUT2D eigenvalue weighted by molar-refractivity contribution is -0.0451. The standard InChI is InChI=1S/C9H13N3O5/c10-6-2-7(15)11-9(16)12(6)8-1-4(14)5(3-13)17-8/h2,4-5,8,13-14H,1,3,10H2,(H,11,15,16)/t4-,5+,8+/m0/s1. The Morgan fingerprint density at radius 1 is 1.59 bits per heavy atom. The molecule has 0 bridgehead atoms. The first-order valence-electron chi connectivity index (χ1n) is 5.08. The van der Waals surface area contributed by atoms with E-state index < -0.39 is 29.7 Å². The number of nitrogens with one attached hydrogen (secondary N) is 1. The molecule has 1 fully saturated rings. The molecule has 2 heterocycles. The van der Waals surface area contributed by atoms with E-state index in [4.69, 9.17) is 15.6 Å². The van der Waals surface area contributed by atoms with Crippen LogP contribution in [0.1, 0.15) is 12.6 Å². The van der Waals surface area contributed by atoms with Crippen LogP contribution in [0, 0.1) is 0 Å². The normalized spacial score (nSPS) is 28.5. The van der Waals surface area contributed by atoms with Crippen molar-refractivity contribution >= 4 is 5.82 Å². The molecule has 0 aliphatic carbocycles. The molecule has 17 heavy (non-hydrogen) atoms. The zero-order chi connectivity index (χ0) is 12.6. The van der Waals surface area contributed by atoms with E-state index in [1.54, 1.807) is 0 Å². The summed E-state index contributed by atoms with van der Waals surface area (Å²) in [5, 5.41) is 18.5. The monoisotopic (exact) mass is 243 g/mol. The molecular weight excluding hydrogens is 230 g/mol. The molecule has 0 amide bonds. The predicted molar refractivity (Wildman–Crippen MR) is 57.4 cm³/mol. The highest BCUT2D eigenvalue weighted by atomic mass is 16.5. The second-order valence-electron chi connectivity index (χ2n) is 3.85. The first-order valence-corrected chi connectivity index (χ1v) is 5.08. The van der Waals surface area contributed by atoms with Gasteiger partial charge in [0.05, 0.1) is 12.7 Å². The summed E-state index contributed by atoms with van der Waals surface area (Å²) in [5.41, 5.74) is 4.25. The molecule has 3 atom stereocenters. The number of aromatic amines is 1. The van der Waals surface area contributed by atoms with Crippen LogP contribution in [0.2, 0.25) is 0 Å². The van der Waals surface area contributed by atoms with E-state index in [1.807, 2.05) is 0 Å². The molecule has 0 spiro atoms. The first kappa shape index (κ1) is 11.8. The van der Waals surface area contributed by atoms with Crippen LogP contribution in [0.15, 0.2) is 15.7 Å². The summed E-state index contributed by atoms with van der Waals surface area (Å²) < 4.78 is 6.31. The van der Waals surface area contributed by atoms with Crippen molar-refractivity contribution in [1.82, 2.24) is 9.55 Å². The Morgan fingerprint density at radius 3 is 2.82 bits per heavy atom. The lowest BCUT2D eigenvalue weighted by Crippen LogP contribution is -2.34.